The summed E-state index contributed by atoms with van der Waals surface area (Å²) < 4.78 is 13.0. The van der Waals surface area contributed by atoms with E-state index in [0.717, 1.165) is 42.4 Å². The molecule has 1 unspecified atom stereocenters. The van der Waals surface area contributed by atoms with Gasteiger partial charge in [-0.2, -0.15) is 0 Å². The smallest absolute Gasteiger partial charge is 0.186 e. The SMILES string of the molecule is C=C1NC(c2ccc(-c3cccc(OCO)c3)cc2OC2CCCC2)=NC(N(N)P)=C1N.O.[W]. The fraction of sp³-hybridized carbons (Fsp3) is 0.261. The number of amidine groups is 1. The molecule has 34 heavy (non-hydrogen) atoms. The molecule has 2 aromatic rings. The summed E-state index contributed by atoms with van der Waals surface area (Å²) in [5.74, 6) is 8.17. The molecule has 0 saturated heterocycles. The van der Waals surface area contributed by atoms with Crippen LogP contribution in [0.3, 0.4) is 0 Å². The Labute approximate surface area is 215 Å². The zero-order valence-electron chi connectivity index (χ0n) is 18.7. The Bertz CT molecular complexity index is 1090. The van der Waals surface area contributed by atoms with E-state index in [9.17, 15) is 0 Å². The summed E-state index contributed by atoms with van der Waals surface area (Å²) in [5.41, 5.74) is 9.69. The third kappa shape index (κ3) is 6.17. The van der Waals surface area contributed by atoms with Gasteiger partial charge in [-0.1, -0.05) is 24.8 Å². The maximum atomic E-state index is 9.07. The fourth-order valence-electron chi connectivity index (χ4n) is 3.88. The van der Waals surface area contributed by atoms with Crippen LogP contribution in [0.15, 0.2) is 71.3 Å². The Morgan fingerprint density at radius 1 is 1.18 bits per heavy atom. The van der Waals surface area contributed by atoms with Gasteiger partial charge in [0.25, 0.3) is 0 Å². The third-order valence-electron chi connectivity index (χ3n) is 5.53. The molecule has 1 aliphatic heterocycles. The second-order valence-corrected chi connectivity index (χ2v) is 8.30. The normalized spacial score (nSPS) is 15.6. The van der Waals surface area contributed by atoms with Gasteiger partial charge in [-0.15, -0.1) is 0 Å². The number of benzene rings is 2. The number of nitrogens with two attached hydrogens (primary N) is 2. The van der Waals surface area contributed by atoms with E-state index in [2.05, 4.69) is 26.3 Å². The van der Waals surface area contributed by atoms with Crippen LogP contribution in [0.5, 0.6) is 11.5 Å². The molecule has 182 valence electrons. The number of hydrogen-bond acceptors (Lipinski definition) is 8. The molecule has 0 aromatic heterocycles. The monoisotopic (exact) mass is 655 g/mol. The Balaban J connectivity index is 0.00000204. The van der Waals surface area contributed by atoms with Gasteiger partial charge in [0.15, 0.2) is 12.6 Å². The van der Waals surface area contributed by atoms with E-state index in [1.165, 1.54) is 4.78 Å². The molecular weight excluding hydrogens is 625 g/mol. The van der Waals surface area contributed by atoms with Gasteiger partial charge in [-0.3, -0.25) is 4.78 Å². The van der Waals surface area contributed by atoms with Crippen LogP contribution in [0.25, 0.3) is 11.1 Å². The largest absolute Gasteiger partial charge is 0.490 e. The molecule has 1 aliphatic carbocycles. The van der Waals surface area contributed by atoms with Crippen molar-refractivity contribution in [1.29, 1.82) is 0 Å². The topological polar surface area (TPSA) is 150 Å². The Hall–Kier alpha value is -2.41. The predicted molar refractivity (Wildman–Crippen MR) is 132 cm³/mol. The minimum absolute atomic E-state index is 0. The van der Waals surface area contributed by atoms with Crippen LogP contribution in [0.4, 0.5) is 0 Å². The maximum absolute atomic E-state index is 9.07. The first-order valence-corrected chi connectivity index (χ1v) is 11.0. The molecule has 4 rings (SSSR count). The van der Waals surface area contributed by atoms with Crippen LogP contribution >= 0.6 is 9.39 Å². The van der Waals surface area contributed by atoms with E-state index >= 15 is 0 Å². The molecule has 2 aliphatic rings. The second kappa shape index (κ2) is 12.3. The molecule has 8 N–H and O–H groups in total. The molecule has 0 radical (unpaired) electrons. The number of rotatable bonds is 7. The zero-order chi connectivity index (χ0) is 22.7. The van der Waals surface area contributed by atoms with Crippen molar-refractivity contribution in [3.05, 3.63) is 71.8 Å². The Morgan fingerprint density at radius 3 is 2.56 bits per heavy atom. The van der Waals surface area contributed by atoms with Gasteiger partial charge in [-0.05, 0) is 70.5 Å². The summed E-state index contributed by atoms with van der Waals surface area (Å²) >= 11 is 0. The van der Waals surface area contributed by atoms with Crippen molar-refractivity contribution in [1.82, 2.24) is 10.1 Å². The van der Waals surface area contributed by atoms with E-state index in [4.69, 9.17) is 26.2 Å². The van der Waals surface area contributed by atoms with E-state index < -0.39 is 0 Å². The van der Waals surface area contributed by atoms with E-state index in [1.54, 1.807) is 6.07 Å². The van der Waals surface area contributed by atoms with Crippen molar-refractivity contribution in [3.63, 3.8) is 0 Å². The third-order valence-corrected chi connectivity index (χ3v) is 5.77. The molecule has 1 saturated carbocycles. The number of hydrogen-bond donors (Lipinski definition) is 4. The van der Waals surface area contributed by atoms with Crippen molar-refractivity contribution < 1.29 is 41.1 Å². The molecule has 11 heteroatoms. The molecule has 1 fully saturated rings. The van der Waals surface area contributed by atoms with Gasteiger partial charge in [0.2, 0.25) is 0 Å². The Kier molecular flexibility index (Phi) is 10.1. The first-order valence-electron chi connectivity index (χ1n) is 10.5. The van der Waals surface area contributed by atoms with Crippen molar-refractivity contribution in [2.75, 3.05) is 6.79 Å². The van der Waals surface area contributed by atoms with Crippen molar-refractivity contribution >= 4 is 15.2 Å². The number of ether oxygens (including phenoxy) is 2. The first-order chi connectivity index (χ1) is 15.5. The summed E-state index contributed by atoms with van der Waals surface area (Å²) in [6.45, 7) is 3.61. The summed E-state index contributed by atoms with van der Waals surface area (Å²) in [6.07, 6.45) is 4.53. The molecular formula is C23H30N5O4PW. The molecule has 0 spiro atoms. The maximum Gasteiger partial charge on any atom is 0.186 e. The average Bonchev–Trinajstić information content (AvgIpc) is 3.29. The van der Waals surface area contributed by atoms with Gasteiger partial charge in [-0.25, -0.2) is 10.8 Å². The quantitative estimate of drug-likeness (QED) is 0.155. The predicted octanol–water partition coefficient (Wildman–Crippen LogP) is 2.13. The molecule has 1 heterocycles. The zero-order valence-corrected chi connectivity index (χ0v) is 22.7. The van der Waals surface area contributed by atoms with Crippen LogP contribution in [0.2, 0.25) is 0 Å². The molecule has 0 amide bonds. The van der Waals surface area contributed by atoms with Crippen LogP contribution < -0.4 is 26.4 Å². The van der Waals surface area contributed by atoms with E-state index in [1.807, 2.05) is 36.4 Å². The average molecular weight is 655 g/mol. The number of hydrazine groups is 1. The van der Waals surface area contributed by atoms with Crippen LogP contribution in [-0.4, -0.2) is 34.1 Å². The molecule has 0 bridgehead atoms. The summed E-state index contributed by atoms with van der Waals surface area (Å²) in [7, 11) is 2.35. The number of aliphatic hydroxyl groups is 1. The van der Waals surface area contributed by atoms with E-state index in [0.29, 0.717) is 34.5 Å². The molecule has 1 atom stereocenters. The van der Waals surface area contributed by atoms with Gasteiger partial charge in [0.05, 0.1) is 23.1 Å². The minimum Gasteiger partial charge on any atom is -0.490 e. The van der Waals surface area contributed by atoms with Crippen LogP contribution in [-0.2, 0) is 21.1 Å². The van der Waals surface area contributed by atoms with Gasteiger partial charge in [0.1, 0.15) is 17.3 Å². The van der Waals surface area contributed by atoms with Gasteiger partial charge >= 0.3 is 0 Å². The van der Waals surface area contributed by atoms with Crippen molar-refractivity contribution in [2.45, 2.75) is 31.8 Å². The Morgan fingerprint density at radius 2 is 1.88 bits per heavy atom. The molecule has 2 aromatic carbocycles. The standard InChI is InChI=1S/C23H28N5O3P.H2O.W/c1-14-21(24)23(28(25)32)27-22(26-14)19-10-9-16(12-20(19)31-17-6-2-3-7-17)15-5-4-8-18(11-15)30-13-29;;/h4-5,8-12,17,29H,1-3,6-7,13,24-25,32H2,(H,26,27);1H2;. The van der Waals surface area contributed by atoms with Crippen LogP contribution in [0, 0.1) is 0 Å². The first kappa shape index (κ1) is 27.8. The van der Waals surface area contributed by atoms with Crippen LogP contribution in [0.1, 0.15) is 31.2 Å². The minimum atomic E-state index is -0.374. The number of nitrogens with one attached hydrogen (secondary N) is 1. The van der Waals surface area contributed by atoms with Gasteiger partial charge < -0.3 is 31.1 Å². The summed E-state index contributed by atoms with van der Waals surface area (Å²) in [6, 6.07) is 13.5. The summed E-state index contributed by atoms with van der Waals surface area (Å²) in [4.78, 5) is 4.61. The number of aliphatic imine (C=N–C) groups is 1. The molecule has 9 nitrogen and oxygen atoms in total. The van der Waals surface area contributed by atoms with Crippen molar-refractivity contribution in [3.8, 4) is 22.6 Å². The van der Waals surface area contributed by atoms with Gasteiger partial charge in [0, 0.05) is 21.1 Å². The van der Waals surface area contributed by atoms with Crippen molar-refractivity contribution in [2.24, 2.45) is 16.6 Å². The fourth-order valence-corrected chi connectivity index (χ4v) is 4.08. The summed E-state index contributed by atoms with van der Waals surface area (Å²) in [5, 5.41) is 12.2. The van der Waals surface area contributed by atoms with E-state index in [-0.39, 0.29) is 39.4 Å². The second-order valence-electron chi connectivity index (χ2n) is 7.75. The number of aliphatic hydroxyl groups excluding tert-OH is 1. The number of nitrogens with zero attached hydrogens (tertiary/aromatic N) is 2.